The van der Waals surface area contributed by atoms with Crippen LogP contribution in [0.5, 0.6) is 5.75 Å². The minimum absolute atomic E-state index is 0.214. The van der Waals surface area contributed by atoms with Crippen LogP contribution in [0.2, 0.25) is 0 Å². The molecule has 9 nitrogen and oxygen atoms in total. The summed E-state index contributed by atoms with van der Waals surface area (Å²) in [4.78, 5) is 24.3. The zero-order valence-corrected chi connectivity index (χ0v) is 19.3. The van der Waals surface area contributed by atoms with Gasteiger partial charge in [0.2, 0.25) is 0 Å². The monoisotopic (exact) mass is 516 g/mol. The maximum absolute atomic E-state index is 14.1. The Morgan fingerprint density at radius 1 is 1.11 bits per heavy atom. The zero-order chi connectivity index (χ0) is 26.5. The van der Waals surface area contributed by atoms with Gasteiger partial charge in [-0.2, -0.15) is 18.3 Å². The van der Waals surface area contributed by atoms with Gasteiger partial charge in [0.25, 0.3) is 0 Å². The summed E-state index contributed by atoms with van der Waals surface area (Å²) in [6, 6.07) is 8.25. The van der Waals surface area contributed by atoms with Crippen LogP contribution in [0.3, 0.4) is 0 Å². The Morgan fingerprint density at radius 2 is 1.89 bits per heavy atom. The average molecular weight is 516 g/mol. The van der Waals surface area contributed by atoms with Crippen molar-refractivity contribution in [1.29, 1.82) is 0 Å². The molecule has 0 bridgehead atoms. The molecule has 192 valence electrons. The second kappa shape index (κ2) is 8.92. The number of aromatic nitrogens is 5. The highest BCUT2D eigenvalue weighted by atomic mass is 19.4. The smallest absolute Gasteiger partial charge is 0.420 e. The van der Waals surface area contributed by atoms with Crippen molar-refractivity contribution in [3.63, 3.8) is 0 Å². The molecular weight excluding hydrogens is 496 g/mol. The van der Waals surface area contributed by atoms with Crippen molar-refractivity contribution in [2.45, 2.75) is 19.1 Å². The van der Waals surface area contributed by atoms with Crippen LogP contribution in [0.25, 0.3) is 38.9 Å². The van der Waals surface area contributed by atoms with Crippen LogP contribution in [-0.4, -0.2) is 42.6 Å². The standard InChI is InChI=1S/C24H20F4N6O3/c1-32-11-17(16-9-13(25)3-6-18(16)32)21-30-31-23(36)34(21)20-12-33(8-2-7-29)19-10-14(4-5-15(19)20)37-22(35)24(26,27)28/h3-6,9-12H,2,7-8,29H2,1H3,(H,31,36). The van der Waals surface area contributed by atoms with Gasteiger partial charge in [0.05, 0.1) is 11.2 Å². The maximum Gasteiger partial charge on any atom is 0.491 e. The fraction of sp³-hybridized carbons (Fsp3) is 0.208. The Kier molecular flexibility index (Phi) is 5.86. The van der Waals surface area contributed by atoms with Crippen molar-refractivity contribution < 1.29 is 27.1 Å². The number of alkyl halides is 3. The molecule has 3 heterocycles. The number of fused-ring (bicyclic) bond motifs is 2. The first-order valence-electron chi connectivity index (χ1n) is 11.1. The highest BCUT2D eigenvalue weighted by Gasteiger charge is 2.41. The summed E-state index contributed by atoms with van der Waals surface area (Å²) in [7, 11) is 1.78. The van der Waals surface area contributed by atoms with E-state index in [-0.39, 0.29) is 11.6 Å². The number of benzene rings is 2. The molecule has 0 aliphatic rings. The molecule has 2 aromatic carbocycles. The summed E-state index contributed by atoms with van der Waals surface area (Å²) in [6.07, 6.45) is -1.26. The van der Waals surface area contributed by atoms with E-state index in [1.54, 1.807) is 34.6 Å². The van der Waals surface area contributed by atoms with Crippen molar-refractivity contribution in [2.75, 3.05) is 6.54 Å². The van der Waals surface area contributed by atoms with Gasteiger partial charge < -0.3 is 19.6 Å². The molecule has 5 rings (SSSR count). The largest absolute Gasteiger partial charge is 0.491 e. The predicted molar refractivity (Wildman–Crippen MR) is 127 cm³/mol. The molecule has 3 aromatic heterocycles. The van der Waals surface area contributed by atoms with E-state index >= 15 is 0 Å². The fourth-order valence-corrected chi connectivity index (χ4v) is 4.35. The molecule has 0 unspecified atom stereocenters. The lowest BCUT2D eigenvalue weighted by atomic mass is 10.1. The van der Waals surface area contributed by atoms with Gasteiger partial charge in [0.1, 0.15) is 11.6 Å². The molecular formula is C24H20F4N6O3. The van der Waals surface area contributed by atoms with Crippen LogP contribution >= 0.6 is 0 Å². The molecule has 5 aromatic rings. The zero-order valence-electron chi connectivity index (χ0n) is 19.3. The summed E-state index contributed by atoms with van der Waals surface area (Å²) >= 11 is 0. The number of aryl methyl sites for hydroxylation is 2. The van der Waals surface area contributed by atoms with E-state index in [1.807, 2.05) is 0 Å². The Bertz CT molecular complexity index is 1710. The number of rotatable bonds is 6. The van der Waals surface area contributed by atoms with E-state index in [0.717, 1.165) is 5.52 Å². The molecule has 0 saturated carbocycles. The van der Waals surface area contributed by atoms with Crippen LogP contribution in [0, 0.1) is 5.82 Å². The first kappa shape index (κ1) is 24.3. The van der Waals surface area contributed by atoms with E-state index in [2.05, 4.69) is 14.9 Å². The summed E-state index contributed by atoms with van der Waals surface area (Å²) in [5.41, 5.74) is 7.08. The summed E-state index contributed by atoms with van der Waals surface area (Å²) in [6.45, 7) is 0.724. The number of halogens is 4. The molecule has 0 aliphatic carbocycles. The molecule has 0 spiro atoms. The Hall–Kier alpha value is -4.39. The van der Waals surface area contributed by atoms with Crippen molar-refractivity contribution in [1.82, 2.24) is 23.9 Å². The Labute approximate surface area is 205 Å². The first-order valence-corrected chi connectivity index (χ1v) is 11.1. The number of hydrogen-bond acceptors (Lipinski definition) is 5. The van der Waals surface area contributed by atoms with Gasteiger partial charge >= 0.3 is 17.8 Å². The number of aromatic amines is 1. The molecule has 0 atom stereocenters. The summed E-state index contributed by atoms with van der Waals surface area (Å²) < 4.78 is 61.5. The lowest BCUT2D eigenvalue weighted by molar-refractivity contribution is -0.189. The Balaban J connectivity index is 1.69. The van der Waals surface area contributed by atoms with Gasteiger partial charge in [-0.3, -0.25) is 0 Å². The molecule has 0 amide bonds. The fourth-order valence-electron chi connectivity index (χ4n) is 4.35. The van der Waals surface area contributed by atoms with Crippen molar-refractivity contribution >= 4 is 27.8 Å². The van der Waals surface area contributed by atoms with Gasteiger partial charge in [-0.25, -0.2) is 23.6 Å². The van der Waals surface area contributed by atoms with Crippen LogP contribution in [-0.2, 0) is 18.4 Å². The summed E-state index contributed by atoms with van der Waals surface area (Å²) in [5.74, 6) is -2.89. The second-order valence-corrected chi connectivity index (χ2v) is 8.42. The molecule has 0 radical (unpaired) electrons. The predicted octanol–water partition coefficient (Wildman–Crippen LogP) is 3.63. The summed E-state index contributed by atoms with van der Waals surface area (Å²) in [5, 5.41) is 7.63. The van der Waals surface area contributed by atoms with Gasteiger partial charge in [-0.05, 0) is 43.3 Å². The molecule has 0 saturated heterocycles. The topological polar surface area (TPSA) is 113 Å². The number of H-pyrrole nitrogens is 1. The SMILES string of the molecule is Cn1cc(-c2n[nH]c(=O)n2-c2cn(CCCN)c3cc(OC(=O)C(F)(F)F)ccc23)c2cc(F)ccc21. The van der Waals surface area contributed by atoms with Crippen LogP contribution in [0.4, 0.5) is 17.6 Å². The lowest BCUT2D eigenvalue weighted by Gasteiger charge is -2.08. The van der Waals surface area contributed by atoms with Crippen molar-refractivity contribution in [3.05, 3.63) is 65.1 Å². The van der Waals surface area contributed by atoms with E-state index in [9.17, 15) is 27.2 Å². The average Bonchev–Trinajstić information content (AvgIpc) is 3.49. The number of ether oxygens (including phenoxy) is 1. The van der Waals surface area contributed by atoms with Crippen molar-refractivity contribution in [2.24, 2.45) is 12.8 Å². The minimum atomic E-state index is -5.15. The van der Waals surface area contributed by atoms with E-state index in [1.165, 1.54) is 34.9 Å². The molecule has 13 heteroatoms. The normalized spacial score (nSPS) is 12.1. The molecule has 37 heavy (non-hydrogen) atoms. The number of nitrogens with zero attached hydrogens (tertiary/aromatic N) is 4. The third-order valence-electron chi connectivity index (χ3n) is 5.98. The van der Waals surface area contributed by atoms with Gasteiger partial charge in [-0.15, -0.1) is 0 Å². The van der Waals surface area contributed by atoms with Crippen molar-refractivity contribution in [3.8, 4) is 22.8 Å². The van der Waals surface area contributed by atoms with Gasteiger partial charge in [-0.1, -0.05) is 0 Å². The number of nitrogens with one attached hydrogen (secondary N) is 1. The number of hydrogen-bond donors (Lipinski definition) is 2. The number of carbonyl (C=O) groups excluding carboxylic acids is 1. The van der Waals surface area contributed by atoms with Gasteiger partial charge in [0.15, 0.2) is 5.82 Å². The molecule has 3 N–H and O–H groups in total. The number of esters is 1. The molecule has 0 aliphatic heterocycles. The lowest BCUT2D eigenvalue weighted by Crippen LogP contribution is -2.27. The van der Waals surface area contributed by atoms with Crippen LogP contribution in [0.15, 0.2) is 53.6 Å². The highest BCUT2D eigenvalue weighted by Crippen LogP contribution is 2.34. The second-order valence-electron chi connectivity index (χ2n) is 8.42. The molecule has 0 fully saturated rings. The van der Waals surface area contributed by atoms with Crippen LogP contribution in [0.1, 0.15) is 6.42 Å². The van der Waals surface area contributed by atoms with E-state index in [0.29, 0.717) is 47.1 Å². The quantitative estimate of drug-likeness (QED) is 0.203. The number of nitrogens with two attached hydrogens (primary N) is 1. The van der Waals surface area contributed by atoms with E-state index < -0.39 is 23.7 Å². The maximum atomic E-state index is 14.1. The third kappa shape index (κ3) is 4.27. The van der Waals surface area contributed by atoms with Crippen LogP contribution < -0.4 is 16.2 Å². The highest BCUT2D eigenvalue weighted by molar-refractivity contribution is 5.96. The minimum Gasteiger partial charge on any atom is -0.420 e. The third-order valence-corrected chi connectivity index (χ3v) is 5.98. The van der Waals surface area contributed by atoms with Gasteiger partial charge in [0, 0.05) is 53.9 Å². The Morgan fingerprint density at radius 3 is 2.62 bits per heavy atom. The number of carbonyl (C=O) groups is 1. The first-order chi connectivity index (χ1) is 17.6. The van der Waals surface area contributed by atoms with E-state index in [4.69, 9.17) is 5.73 Å².